The van der Waals surface area contributed by atoms with Gasteiger partial charge in [0.15, 0.2) is 5.60 Å². The van der Waals surface area contributed by atoms with E-state index in [1.165, 1.54) is 0 Å². The van der Waals surface area contributed by atoms with Crippen LogP contribution in [0.15, 0.2) is 0 Å². The largest absolute Gasteiger partial charge is 0.229 e. The van der Waals surface area contributed by atoms with E-state index >= 15 is 0 Å². The van der Waals surface area contributed by atoms with Crippen LogP contribution in [-0.4, -0.2) is 11.2 Å². The summed E-state index contributed by atoms with van der Waals surface area (Å²) in [5.41, 5.74) is -0.798. The van der Waals surface area contributed by atoms with Crippen LogP contribution in [0.1, 0.15) is 54.9 Å². The van der Waals surface area contributed by atoms with Crippen LogP contribution in [0, 0.1) is 17.8 Å². The van der Waals surface area contributed by atoms with Crippen molar-refractivity contribution < 1.29 is 9.78 Å². The first-order chi connectivity index (χ1) is 6.68. The van der Waals surface area contributed by atoms with Gasteiger partial charge in [-0.3, -0.25) is 0 Å². The first-order valence-electron chi connectivity index (χ1n) is 5.58. The minimum atomic E-state index is -0.545. The number of rotatable bonds is 4. The molecule has 0 radical (unpaired) electrons. The molecule has 0 aliphatic heterocycles. The van der Waals surface area contributed by atoms with Crippen molar-refractivity contribution >= 4 is 0 Å². The zero-order chi connectivity index (χ0) is 12.1. The van der Waals surface area contributed by atoms with Gasteiger partial charge in [0.1, 0.15) is 0 Å². The van der Waals surface area contributed by atoms with Crippen LogP contribution < -0.4 is 0 Å². The van der Waals surface area contributed by atoms with E-state index in [9.17, 15) is 0 Å². The van der Waals surface area contributed by atoms with E-state index in [1.54, 1.807) is 0 Å². The summed E-state index contributed by atoms with van der Waals surface area (Å²) in [5, 5.41) is 0. The molecule has 0 saturated heterocycles. The second kappa shape index (κ2) is 5.53. The van der Waals surface area contributed by atoms with Gasteiger partial charge >= 0.3 is 0 Å². The standard InChI is InChI=1S/C13H24O2/c1-8-12(4,5)14-15-13(6,7)10-9-11(2)3/h11H,8H2,1-7H3. The van der Waals surface area contributed by atoms with Gasteiger partial charge in [0.2, 0.25) is 0 Å². The zero-order valence-corrected chi connectivity index (χ0v) is 11.1. The highest BCUT2D eigenvalue weighted by molar-refractivity contribution is 5.11. The molecule has 0 aromatic carbocycles. The molecule has 88 valence electrons. The van der Waals surface area contributed by atoms with Crippen LogP contribution in [0.2, 0.25) is 0 Å². The maximum absolute atomic E-state index is 5.37. The molecule has 0 aromatic rings. The average Bonchev–Trinajstić information content (AvgIpc) is 2.13. The highest BCUT2D eigenvalue weighted by Crippen LogP contribution is 2.18. The lowest BCUT2D eigenvalue weighted by molar-refractivity contribution is -0.388. The molecule has 0 aliphatic carbocycles. The lowest BCUT2D eigenvalue weighted by Crippen LogP contribution is -2.31. The Kier molecular flexibility index (Phi) is 5.34. The van der Waals surface area contributed by atoms with E-state index in [1.807, 2.05) is 27.7 Å². The molecular weight excluding hydrogens is 188 g/mol. The lowest BCUT2D eigenvalue weighted by Gasteiger charge is -2.26. The van der Waals surface area contributed by atoms with Gasteiger partial charge in [-0.1, -0.05) is 32.6 Å². The minimum absolute atomic E-state index is 0.253. The van der Waals surface area contributed by atoms with E-state index in [2.05, 4.69) is 32.6 Å². The molecule has 0 bridgehead atoms. The van der Waals surface area contributed by atoms with Gasteiger partial charge in [-0.25, -0.2) is 9.78 Å². The molecule has 0 amide bonds. The quantitative estimate of drug-likeness (QED) is 0.403. The summed E-state index contributed by atoms with van der Waals surface area (Å²) >= 11 is 0. The Balaban J connectivity index is 4.23. The third-order valence-corrected chi connectivity index (χ3v) is 1.99. The molecule has 0 heterocycles. The van der Waals surface area contributed by atoms with E-state index in [0.29, 0.717) is 5.92 Å². The Morgan fingerprint density at radius 1 is 1.07 bits per heavy atom. The van der Waals surface area contributed by atoms with E-state index in [-0.39, 0.29) is 5.60 Å². The molecule has 0 spiro atoms. The molecule has 2 nitrogen and oxygen atoms in total. The lowest BCUT2D eigenvalue weighted by atomic mass is 10.1. The maximum atomic E-state index is 5.37. The van der Waals surface area contributed by atoms with Crippen molar-refractivity contribution in [1.82, 2.24) is 0 Å². The maximum Gasteiger partial charge on any atom is 0.158 e. The summed E-state index contributed by atoms with van der Waals surface area (Å²) in [6.45, 7) is 14.0. The fourth-order valence-corrected chi connectivity index (χ4v) is 0.615. The molecule has 15 heavy (non-hydrogen) atoms. The number of hydrogen-bond donors (Lipinski definition) is 0. The summed E-state index contributed by atoms with van der Waals surface area (Å²) in [4.78, 5) is 10.7. The topological polar surface area (TPSA) is 18.5 Å². The SMILES string of the molecule is CCC(C)(C)OOC(C)(C)C#CC(C)C. The highest BCUT2D eigenvalue weighted by atomic mass is 17.2. The van der Waals surface area contributed by atoms with Crippen molar-refractivity contribution in [2.75, 3.05) is 0 Å². The molecule has 0 saturated carbocycles. The first-order valence-corrected chi connectivity index (χ1v) is 5.58. The predicted molar refractivity (Wildman–Crippen MR) is 63.2 cm³/mol. The Hall–Kier alpha value is -0.520. The molecule has 2 heteroatoms. The van der Waals surface area contributed by atoms with Crippen LogP contribution in [0.3, 0.4) is 0 Å². The Labute approximate surface area is 94.3 Å². The summed E-state index contributed by atoms with van der Waals surface area (Å²) in [6.07, 6.45) is 0.903. The Morgan fingerprint density at radius 2 is 1.60 bits per heavy atom. The van der Waals surface area contributed by atoms with Crippen molar-refractivity contribution in [3.05, 3.63) is 0 Å². The monoisotopic (exact) mass is 212 g/mol. The van der Waals surface area contributed by atoms with Crippen molar-refractivity contribution in [3.8, 4) is 11.8 Å². The molecule has 0 fully saturated rings. The van der Waals surface area contributed by atoms with E-state index in [4.69, 9.17) is 9.78 Å². The fraction of sp³-hybridized carbons (Fsp3) is 0.846. The number of hydrogen-bond acceptors (Lipinski definition) is 2. The zero-order valence-electron chi connectivity index (χ0n) is 11.1. The molecule has 0 aromatic heterocycles. The van der Waals surface area contributed by atoms with Crippen LogP contribution in [-0.2, 0) is 9.78 Å². The van der Waals surface area contributed by atoms with Crippen molar-refractivity contribution in [2.45, 2.75) is 66.1 Å². The predicted octanol–water partition coefficient (Wildman–Crippen LogP) is 3.56. The van der Waals surface area contributed by atoms with Crippen molar-refractivity contribution in [3.63, 3.8) is 0 Å². The first kappa shape index (κ1) is 14.5. The molecule has 0 atom stereocenters. The van der Waals surface area contributed by atoms with Gasteiger partial charge in [-0.15, -0.1) is 0 Å². The van der Waals surface area contributed by atoms with Crippen molar-refractivity contribution in [1.29, 1.82) is 0 Å². The van der Waals surface area contributed by atoms with Crippen LogP contribution in [0.5, 0.6) is 0 Å². The summed E-state index contributed by atoms with van der Waals surface area (Å²) in [7, 11) is 0. The normalized spacial score (nSPS) is 12.5. The van der Waals surface area contributed by atoms with Gasteiger partial charge in [0.05, 0.1) is 5.60 Å². The third-order valence-electron chi connectivity index (χ3n) is 1.99. The molecule has 0 rings (SSSR count). The molecule has 0 N–H and O–H groups in total. The van der Waals surface area contributed by atoms with Crippen molar-refractivity contribution in [2.24, 2.45) is 5.92 Å². The van der Waals surface area contributed by atoms with Gasteiger partial charge in [0.25, 0.3) is 0 Å². The second-order valence-corrected chi connectivity index (χ2v) is 5.21. The van der Waals surface area contributed by atoms with Crippen LogP contribution in [0.4, 0.5) is 0 Å². The van der Waals surface area contributed by atoms with Gasteiger partial charge in [0, 0.05) is 5.92 Å². The summed E-state index contributed by atoms with van der Waals surface area (Å²) in [5.74, 6) is 6.50. The molecule has 0 aliphatic rings. The van der Waals surface area contributed by atoms with Crippen LogP contribution in [0.25, 0.3) is 0 Å². The third kappa shape index (κ3) is 7.41. The van der Waals surface area contributed by atoms with Gasteiger partial charge < -0.3 is 0 Å². The average molecular weight is 212 g/mol. The minimum Gasteiger partial charge on any atom is -0.229 e. The van der Waals surface area contributed by atoms with Gasteiger partial charge in [-0.05, 0) is 34.1 Å². The molecular formula is C13H24O2. The Morgan fingerprint density at radius 3 is 2.00 bits per heavy atom. The van der Waals surface area contributed by atoms with E-state index < -0.39 is 5.60 Å². The summed E-state index contributed by atoms with van der Waals surface area (Å²) in [6, 6.07) is 0. The smallest absolute Gasteiger partial charge is 0.158 e. The highest BCUT2D eigenvalue weighted by Gasteiger charge is 2.23. The molecule has 0 unspecified atom stereocenters. The van der Waals surface area contributed by atoms with Crippen LogP contribution >= 0.6 is 0 Å². The second-order valence-electron chi connectivity index (χ2n) is 5.21. The Bertz CT molecular complexity index is 241. The fourth-order valence-electron chi connectivity index (χ4n) is 0.615. The van der Waals surface area contributed by atoms with E-state index in [0.717, 1.165) is 6.42 Å². The summed E-state index contributed by atoms with van der Waals surface area (Å²) < 4.78 is 0. The van der Waals surface area contributed by atoms with Gasteiger partial charge in [-0.2, -0.15) is 0 Å².